The Morgan fingerprint density at radius 2 is 1.17 bits per heavy atom. The first-order valence-electron chi connectivity index (χ1n) is 18.2. The summed E-state index contributed by atoms with van der Waals surface area (Å²) in [4.78, 5) is 57.3. The normalized spacial score (nSPS) is 23.8. The van der Waals surface area contributed by atoms with Crippen molar-refractivity contribution in [2.75, 3.05) is 13.2 Å². The summed E-state index contributed by atoms with van der Waals surface area (Å²) in [7, 11) is -5.21. The second kappa shape index (κ2) is 27.1. The van der Waals surface area contributed by atoms with Crippen molar-refractivity contribution >= 4 is 31.5 Å². The number of phosphoric acid groups is 1. The van der Waals surface area contributed by atoms with Crippen molar-refractivity contribution in [1.29, 1.82) is 0 Å². The van der Waals surface area contributed by atoms with Crippen molar-refractivity contribution in [3.05, 3.63) is 24.3 Å². The van der Waals surface area contributed by atoms with Crippen molar-refractivity contribution in [2.24, 2.45) is 0 Å². The average molecular weight is 767 g/mol. The predicted octanol–water partition coefficient (Wildman–Crippen LogP) is 3.18. The lowest BCUT2D eigenvalue weighted by atomic mass is 9.85. The summed E-state index contributed by atoms with van der Waals surface area (Å²) in [6.45, 7) is 0.739. The predicted molar refractivity (Wildman–Crippen MR) is 187 cm³/mol. The van der Waals surface area contributed by atoms with E-state index in [1.807, 2.05) is 0 Å². The lowest BCUT2D eigenvalue weighted by Crippen LogP contribution is -2.64. The standard InChI is InChI=1S/C35H59O16P/c1-2-3-4-5-6-7-8-9-10-11-12-13-14-15-16-19-28(39)48-23-26(50-29(40)20-17-18-25(36)21-22-27(37)38)24-49-52(46,47)51-35-33(44)31(42)30(41)32(43)34(35)45/h9-10,21-22,26,30-35,41-45H,2-8,11-20,23-24H2,1H3,(H,37,38)(H,46,47)/b10-9-,22-21+/t26-,30?,31-,32?,33?,34?,35?/m1/s1. The van der Waals surface area contributed by atoms with Crippen LogP contribution in [0.25, 0.3) is 0 Å². The van der Waals surface area contributed by atoms with E-state index in [1.165, 1.54) is 38.5 Å². The van der Waals surface area contributed by atoms with Crippen LogP contribution in [0.3, 0.4) is 0 Å². The maximum atomic E-state index is 12.6. The molecule has 300 valence electrons. The van der Waals surface area contributed by atoms with Gasteiger partial charge in [-0.05, 0) is 44.6 Å². The Morgan fingerprint density at radius 3 is 1.75 bits per heavy atom. The van der Waals surface area contributed by atoms with E-state index >= 15 is 0 Å². The number of rotatable bonds is 29. The van der Waals surface area contributed by atoms with Gasteiger partial charge in [0, 0.05) is 25.3 Å². The molecule has 0 aromatic rings. The highest BCUT2D eigenvalue weighted by Crippen LogP contribution is 2.47. The molecular weight excluding hydrogens is 707 g/mol. The number of esters is 2. The Bertz CT molecular complexity index is 1140. The highest BCUT2D eigenvalue weighted by molar-refractivity contribution is 7.47. The van der Waals surface area contributed by atoms with Gasteiger partial charge in [-0.25, -0.2) is 9.36 Å². The summed E-state index contributed by atoms with van der Waals surface area (Å²) in [6.07, 6.45) is 5.89. The number of hydrogen-bond acceptors (Lipinski definition) is 14. The third-order valence-electron chi connectivity index (χ3n) is 8.34. The number of carboxylic acid groups (broad SMARTS) is 1. The van der Waals surface area contributed by atoms with Crippen molar-refractivity contribution in [3.63, 3.8) is 0 Å². The van der Waals surface area contributed by atoms with Gasteiger partial charge >= 0.3 is 25.7 Å². The summed E-state index contributed by atoms with van der Waals surface area (Å²) in [5.41, 5.74) is 0. The average Bonchev–Trinajstić information content (AvgIpc) is 3.10. The number of ketones is 1. The topological polar surface area (TPSA) is 264 Å². The molecule has 0 amide bonds. The quantitative estimate of drug-likeness (QED) is 0.0189. The number of ether oxygens (including phenoxy) is 2. The Kier molecular flexibility index (Phi) is 24.8. The van der Waals surface area contributed by atoms with E-state index in [1.54, 1.807) is 0 Å². The van der Waals surface area contributed by atoms with Crippen LogP contribution >= 0.6 is 7.82 Å². The number of allylic oxidation sites excluding steroid dienone is 3. The number of aliphatic hydroxyl groups is 5. The monoisotopic (exact) mass is 766 g/mol. The van der Waals surface area contributed by atoms with Gasteiger partial charge in [0.05, 0.1) is 6.61 Å². The Labute approximate surface area is 305 Å². The van der Waals surface area contributed by atoms with Gasteiger partial charge in [-0.2, -0.15) is 0 Å². The second-order valence-corrected chi connectivity index (χ2v) is 14.3. The van der Waals surface area contributed by atoms with Gasteiger partial charge in [-0.3, -0.25) is 23.4 Å². The van der Waals surface area contributed by atoms with E-state index in [9.17, 15) is 54.2 Å². The van der Waals surface area contributed by atoms with E-state index < -0.39 is 87.5 Å². The van der Waals surface area contributed by atoms with Crippen LogP contribution in [0.1, 0.15) is 116 Å². The first-order chi connectivity index (χ1) is 24.7. The maximum absolute atomic E-state index is 12.6. The second-order valence-electron chi connectivity index (χ2n) is 12.9. The molecule has 6 unspecified atom stereocenters. The summed E-state index contributed by atoms with van der Waals surface area (Å²) in [5, 5.41) is 58.2. The molecule has 1 saturated carbocycles. The fourth-order valence-corrected chi connectivity index (χ4v) is 6.27. The third kappa shape index (κ3) is 21.2. The summed E-state index contributed by atoms with van der Waals surface area (Å²) >= 11 is 0. The van der Waals surface area contributed by atoms with Gasteiger partial charge in [0.15, 0.2) is 11.9 Å². The van der Waals surface area contributed by atoms with Crippen molar-refractivity contribution in [3.8, 4) is 0 Å². The van der Waals surface area contributed by atoms with Crippen LogP contribution in [-0.4, -0.2) is 115 Å². The largest absolute Gasteiger partial charge is 0.478 e. The molecule has 1 fully saturated rings. The van der Waals surface area contributed by atoms with E-state index in [0.29, 0.717) is 12.5 Å². The van der Waals surface area contributed by atoms with Gasteiger partial charge in [0.2, 0.25) is 0 Å². The maximum Gasteiger partial charge on any atom is 0.472 e. The Balaban J connectivity index is 2.56. The molecule has 0 aliphatic heterocycles. The molecule has 7 N–H and O–H groups in total. The number of unbranched alkanes of at least 4 members (excludes halogenated alkanes) is 11. The van der Waals surface area contributed by atoms with Gasteiger partial charge in [-0.1, -0.05) is 70.4 Å². The van der Waals surface area contributed by atoms with Crippen molar-refractivity contribution < 1.29 is 77.8 Å². The molecule has 1 rings (SSSR count). The van der Waals surface area contributed by atoms with Crippen LogP contribution in [0.2, 0.25) is 0 Å². The van der Waals surface area contributed by atoms with Crippen LogP contribution in [0.15, 0.2) is 24.3 Å². The van der Waals surface area contributed by atoms with E-state index in [-0.39, 0.29) is 25.7 Å². The highest BCUT2D eigenvalue weighted by Gasteiger charge is 2.51. The van der Waals surface area contributed by atoms with Crippen LogP contribution in [0.4, 0.5) is 0 Å². The number of carbonyl (C=O) groups excluding carboxylic acids is 3. The smallest absolute Gasteiger partial charge is 0.472 e. The first kappa shape index (κ1) is 47.5. The molecule has 0 aromatic carbocycles. The molecule has 16 nitrogen and oxygen atoms in total. The highest BCUT2D eigenvalue weighted by atomic mass is 31.2. The number of carboxylic acids is 1. The lowest BCUT2D eigenvalue weighted by molar-refractivity contribution is -0.220. The number of hydrogen-bond donors (Lipinski definition) is 7. The lowest BCUT2D eigenvalue weighted by Gasteiger charge is -2.41. The van der Waals surface area contributed by atoms with Crippen molar-refractivity contribution in [2.45, 2.75) is 159 Å². The molecule has 0 bridgehead atoms. The fraction of sp³-hybridized carbons (Fsp3) is 0.771. The molecule has 8 atom stereocenters. The molecule has 0 radical (unpaired) electrons. The van der Waals surface area contributed by atoms with Crippen molar-refractivity contribution in [1.82, 2.24) is 0 Å². The number of carbonyl (C=O) groups is 4. The first-order valence-corrected chi connectivity index (χ1v) is 19.7. The summed E-state index contributed by atoms with van der Waals surface area (Å²) in [5.74, 6) is -3.38. The van der Waals surface area contributed by atoms with Gasteiger partial charge < -0.3 is 45.0 Å². The van der Waals surface area contributed by atoms with Crippen LogP contribution in [0, 0.1) is 0 Å². The number of aliphatic hydroxyl groups excluding tert-OH is 5. The minimum absolute atomic E-state index is 0.0277. The minimum atomic E-state index is -5.21. The molecule has 52 heavy (non-hydrogen) atoms. The molecular formula is C35H59O16P. The van der Waals surface area contributed by atoms with Crippen LogP contribution in [-0.2, 0) is 42.3 Å². The van der Waals surface area contributed by atoms with Gasteiger partial charge in [0.1, 0.15) is 43.2 Å². The number of phosphoric ester groups is 1. The molecule has 1 aliphatic rings. The van der Waals surface area contributed by atoms with E-state index in [0.717, 1.165) is 44.6 Å². The van der Waals surface area contributed by atoms with Gasteiger partial charge in [0.25, 0.3) is 0 Å². The summed E-state index contributed by atoms with van der Waals surface area (Å²) in [6, 6.07) is 0. The zero-order chi connectivity index (χ0) is 38.9. The summed E-state index contributed by atoms with van der Waals surface area (Å²) < 4.78 is 32.7. The molecule has 1 aliphatic carbocycles. The minimum Gasteiger partial charge on any atom is -0.478 e. The SMILES string of the molecule is CCCCCCCC/C=C\CCCCCCCC(=O)OC[C@H](COP(=O)(O)OC1C(O)C(O)C(O)[C@@H](O)C1O)OC(=O)CCCC(=O)/C=C/C(=O)O. The van der Waals surface area contributed by atoms with Crippen LogP contribution < -0.4 is 0 Å². The molecule has 0 heterocycles. The van der Waals surface area contributed by atoms with E-state index in [4.69, 9.17) is 23.6 Å². The molecule has 0 spiro atoms. The van der Waals surface area contributed by atoms with Gasteiger partial charge in [-0.15, -0.1) is 0 Å². The zero-order valence-corrected chi connectivity index (χ0v) is 30.9. The van der Waals surface area contributed by atoms with E-state index in [2.05, 4.69) is 19.1 Å². The fourth-order valence-electron chi connectivity index (χ4n) is 5.30. The molecule has 0 aromatic heterocycles. The Morgan fingerprint density at radius 1 is 0.654 bits per heavy atom. The zero-order valence-electron chi connectivity index (χ0n) is 30.0. The molecule has 0 saturated heterocycles. The number of aliphatic carboxylic acids is 1. The molecule has 17 heteroatoms. The van der Waals surface area contributed by atoms with Crippen LogP contribution in [0.5, 0.6) is 0 Å². The third-order valence-corrected chi connectivity index (χ3v) is 9.32. The Hall–Kier alpha value is -2.53.